The van der Waals surface area contributed by atoms with Crippen LogP contribution in [0.15, 0.2) is 18.2 Å². The Morgan fingerprint density at radius 1 is 1.45 bits per heavy atom. The van der Waals surface area contributed by atoms with E-state index < -0.39 is 4.92 Å². The molecule has 1 aliphatic heterocycles. The fraction of sp³-hybridized carbons (Fsp3) is 0.500. The molecule has 1 fully saturated rings. The van der Waals surface area contributed by atoms with Gasteiger partial charge in [-0.25, -0.2) is 4.79 Å². The first-order valence-electron chi connectivity index (χ1n) is 6.64. The monoisotopic (exact) mass is 278 g/mol. The first-order valence-corrected chi connectivity index (χ1v) is 6.64. The van der Waals surface area contributed by atoms with E-state index in [1.807, 2.05) is 11.0 Å². The minimum absolute atomic E-state index is 0.0803. The van der Waals surface area contributed by atoms with Crippen LogP contribution in [0.1, 0.15) is 24.8 Å². The molecule has 0 N–H and O–H groups in total. The molecule has 6 heteroatoms. The fourth-order valence-corrected chi connectivity index (χ4v) is 2.72. The molecule has 1 heterocycles. The Morgan fingerprint density at radius 3 is 2.85 bits per heavy atom. The van der Waals surface area contributed by atoms with Gasteiger partial charge < -0.3 is 9.64 Å². The molecule has 0 spiro atoms. The van der Waals surface area contributed by atoms with Crippen molar-refractivity contribution >= 4 is 17.3 Å². The van der Waals surface area contributed by atoms with Gasteiger partial charge in [-0.05, 0) is 32.3 Å². The molecule has 0 amide bonds. The number of nitro benzene ring substituents is 1. The van der Waals surface area contributed by atoms with Crippen molar-refractivity contribution in [2.24, 2.45) is 0 Å². The van der Waals surface area contributed by atoms with Gasteiger partial charge in [0.05, 0.1) is 17.6 Å². The second kappa shape index (κ2) is 5.90. The number of methoxy groups -OCH3 is 1. The Bertz CT molecular complexity index is 530. The number of carbonyl (C=O) groups is 1. The Morgan fingerprint density at radius 2 is 2.20 bits per heavy atom. The molecule has 20 heavy (non-hydrogen) atoms. The molecular weight excluding hydrogens is 260 g/mol. The van der Waals surface area contributed by atoms with Crippen molar-refractivity contribution in [2.75, 3.05) is 18.6 Å². The molecule has 1 aliphatic rings. The van der Waals surface area contributed by atoms with Gasteiger partial charge in [-0.3, -0.25) is 10.1 Å². The molecule has 1 saturated heterocycles. The molecule has 1 aromatic carbocycles. The molecule has 108 valence electrons. The molecule has 0 aromatic heterocycles. The second-order valence-electron chi connectivity index (χ2n) is 4.91. The Hall–Kier alpha value is -2.11. The van der Waals surface area contributed by atoms with Crippen LogP contribution in [0.3, 0.4) is 0 Å². The highest BCUT2D eigenvalue weighted by Crippen LogP contribution is 2.32. The number of esters is 1. The minimum Gasteiger partial charge on any atom is -0.467 e. The second-order valence-corrected chi connectivity index (χ2v) is 4.91. The quantitative estimate of drug-likeness (QED) is 0.482. The average molecular weight is 278 g/mol. The standard InChI is InChI=1S/C14H18N2O4/c1-10-11(7-5-8-12(10)16(18)19)15-9-4-3-6-13(15)14(17)20-2/h5,7-8,13H,3-4,6,9H2,1-2H3. The van der Waals surface area contributed by atoms with Crippen molar-refractivity contribution in [2.45, 2.75) is 32.2 Å². The van der Waals surface area contributed by atoms with E-state index in [0.717, 1.165) is 24.9 Å². The number of anilines is 1. The molecule has 6 nitrogen and oxygen atoms in total. The SMILES string of the molecule is COC(=O)C1CCCCN1c1cccc([N+](=O)[O-])c1C. The lowest BCUT2D eigenvalue weighted by Crippen LogP contribution is -2.45. The zero-order chi connectivity index (χ0) is 14.7. The van der Waals surface area contributed by atoms with Crippen LogP contribution in [0, 0.1) is 17.0 Å². The molecular formula is C14H18N2O4. The lowest BCUT2D eigenvalue weighted by Gasteiger charge is -2.36. The third kappa shape index (κ3) is 2.59. The van der Waals surface area contributed by atoms with Gasteiger partial charge in [-0.2, -0.15) is 0 Å². The van der Waals surface area contributed by atoms with E-state index in [2.05, 4.69) is 0 Å². The van der Waals surface area contributed by atoms with E-state index in [0.29, 0.717) is 12.1 Å². The summed E-state index contributed by atoms with van der Waals surface area (Å²) in [5.41, 5.74) is 1.42. The molecule has 1 unspecified atom stereocenters. The first-order chi connectivity index (χ1) is 9.56. The molecule has 1 atom stereocenters. The molecule has 0 bridgehead atoms. The smallest absolute Gasteiger partial charge is 0.328 e. The number of benzene rings is 1. The maximum Gasteiger partial charge on any atom is 0.328 e. The Kier molecular flexibility index (Phi) is 4.22. The summed E-state index contributed by atoms with van der Waals surface area (Å²) in [6, 6.07) is 4.61. The van der Waals surface area contributed by atoms with E-state index in [-0.39, 0.29) is 17.7 Å². The van der Waals surface area contributed by atoms with Crippen LogP contribution in [-0.4, -0.2) is 30.6 Å². The van der Waals surface area contributed by atoms with Crippen LogP contribution in [0.5, 0.6) is 0 Å². The van der Waals surface area contributed by atoms with Gasteiger partial charge in [-0.1, -0.05) is 6.07 Å². The van der Waals surface area contributed by atoms with Crippen LogP contribution in [0.25, 0.3) is 0 Å². The minimum atomic E-state index is -0.393. The van der Waals surface area contributed by atoms with Crippen LogP contribution in [0.2, 0.25) is 0 Å². The third-order valence-electron chi connectivity index (χ3n) is 3.76. The summed E-state index contributed by atoms with van der Waals surface area (Å²) < 4.78 is 4.84. The number of ether oxygens (including phenoxy) is 1. The lowest BCUT2D eigenvalue weighted by atomic mass is 9.99. The lowest BCUT2D eigenvalue weighted by molar-refractivity contribution is -0.385. The maximum absolute atomic E-state index is 11.9. The number of hydrogen-bond acceptors (Lipinski definition) is 5. The van der Waals surface area contributed by atoms with Gasteiger partial charge >= 0.3 is 5.97 Å². The summed E-state index contributed by atoms with van der Waals surface area (Å²) in [5, 5.41) is 11.0. The van der Waals surface area contributed by atoms with Crippen LogP contribution in [-0.2, 0) is 9.53 Å². The summed E-state index contributed by atoms with van der Waals surface area (Å²) in [7, 11) is 1.37. The molecule has 0 radical (unpaired) electrons. The summed E-state index contributed by atoms with van der Waals surface area (Å²) in [5.74, 6) is -0.282. The average Bonchev–Trinajstić information content (AvgIpc) is 2.46. The van der Waals surface area contributed by atoms with E-state index in [4.69, 9.17) is 4.74 Å². The van der Waals surface area contributed by atoms with Gasteiger partial charge in [0, 0.05) is 18.3 Å². The predicted octanol–water partition coefficient (Wildman–Crippen LogP) is 2.44. The van der Waals surface area contributed by atoms with E-state index in [9.17, 15) is 14.9 Å². The van der Waals surface area contributed by atoms with Crippen molar-refractivity contribution in [3.63, 3.8) is 0 Å². The summed E-state index contributed by atoms with van der Waals surface area (Å²) >= 11 is 0. The van der Waals surface area contributed by atoms with Crippen molar-refractivity contribution in [1.29, 1.82) is 0 Å². The summed E-state index contributed by atoms with van der Waals surface area (Å²) in [6.45, 7) is 2.43. The number of hydrogen-bond donors (Lipinski definition) is 0. The fourth-order valence-electron chi connectivity index (χ4n) is 2.72. The number of nitrogens with zero attached hydrogens (tertiary/aromatic N) is 2. The van der Waals surface area contributed by atoms with Crippen molar-refractivity contribution in [3.05, 3.63) is 33.9 Å². The Balaban J connectivity index is 2.40. The topological polar surface area (TPSA) is 72.7 Å². The van der Waals surface area contributed by atoms with Crippen molar-refractivity contribution in [1.82, 2.24) is 0 Å². The summed E-state index contributed by atoms with van der Waals surface area (Å²) in [4.78, 5) is 24.4. The highest BCUT2D eigenvalue weighted by molar-refractivity contribution is 5.81. The van der Waals surface area contributed by atoms with Crippen LogP contribution in [0.4, 0.5) is 11.4 Å². The van der Waals surface area contributed by atoms with Gasteiger partial charge in [-0.15, -0.1) is 0 Å². The normalized spacial score (nSPS) is 18.7. The van der Waals surface area contributed by atoms with Crippen LogP contribution < -0.4 is 4.90 Å². The number of rotatable bonds is 3. The van der Waals surface area contributed by atoms with Gasteiger partial charge in [0.2, 0.25) is 0 Å². The van der Waals surface area contributed by atoms with Crippen molar-refractivity contribution in [3.8, 4) is 0 Å². The third-order valence-corrected chi connectivity index (χ3v) is 3.76. The number of carbonyl (C=O) groups excluding carboxylic acids is 1. The number of piperidine rings is 1. The zero-order valence-electron chi connectivity index (χ0n) is 11.7. The van der Waals surface area contributed by atoms with E-state index in [1.165, 1.54) is 13.2 Å². The zero-order valence-corrected chi connectivity index (χ0v) is 11.7. The highest BCUT2D eigenvalue weighted by atomic mass is 16.6. The predicted molar refractivity (Wildman–Crippen MR) is 74.8 cm³/mol. The van der Waals surface area contributed by atoms with Crippen molar-refractivity contribution < 1.29 is 14.5 Å². The van der Waals surface area contributed by atoms with E-state index >= 15 is 0 Å². The molecule has 0 aliphatic carbocycles. The number of nitro groups is 1. The Labute approximate surface area is 117 Å². The molecule has 2 rings (SSSR count). The largest absolute Gasteiger partial charge is 0.467 e. The van der Waals surface area contributed by atoms with Gasteiger partial charge in [0.15, 0.2) is 0 Å². The summed E-state index contributed by atoms with van der Waals surface area (Å²) in [6.07, 6.45) is 2.65. The molecule has 0 saturated carbocycles. The van der Waals surface area contributed by atoms with Gasteiger partial charge in [0.25, 0.3) is 5.69 Å². The maximum atomic E-state index is 11.9. The van der Waals surface area contributed by atoms with Crippen LogP contribution >= 0.6 is 0 Å². The highest BCUT2D eigenvalue weighted by Gasteiger charge is 2.31. The molecule has 1 aromatic rings. The van der Waals surface area contributed by atoms with Gasteiger partial charge in [0.1, 0.15) is 6.04 Å². The van der Waals surface area contributed by atoms with E-state index in [1.54, 1.807) is 13.0 Å². The first kappa shape index (κ1) is 14.3.